The van der Waals surface area contributed by atoms with Gasteiger partial charge in [-0.05, 0) is 44.7 Å². The molecular formula is C14H26N2O2. The molecule has 4 heteroatoms. The fraction of sp³-hybridized carbons (Fsp3) is 0.929. The van der Waals surface area contributed by atoms with Crippen molar-refractivity contribution >= 4 is 5.91 Å². The zero-order chi connectivity index (χ0) is 12.8. The Balaban J connectivity index is 1.70. The third-order valence-electron chi connectivity index (χ3n) is 4.59. The van der Waals surface area contributed by atoms with Gasteiger partial charge in [-0.25, -0.2) is 0 Å². The van der Waals surface area contributed by atoms with E-state index in [2.05, 4.69) is 10.6 Å². The summed E-state index contributed by atoms with van der Waals surface area (Å²) in [7, 11) is 0. The molecule has 0 aromatic rings. The van der Waals surface area contributed by atoms with Crippen molar-refractivity contribution < 1.29 is 9.90 Å². The van der Waals surface area contributed by atoms with Crippen molar-refractivity contribution in [3.8, 4) is 0 Å². The molecule has 3 N–H and O–H groups in total. The highest BCUT2D eigenvalue weighted by Crippen LogP contribution is 2.36. The minimum absolute atomic E-state index is 0.0240. The van der Waals surface area contributed by atoms with E-state index in [1.165, 1.54) is 12.8 Å². The van der Waals surface area contributed by atoms with Crippen molar-refractivity contribution in [1.82, 2.24) is 10.6 Å². The van der Waals surface area contributed by atoms with Crippen LogP contribution in [0.3, 0.4) is 0 Å². The average molecular weight is 254 g/mol. The molecular weight excluding hydrogens is 228 g/mol. The van der Waals surface area contributed by atoms with Gasteiger partial charge in [-0.3, -0.25) is 4.79 Å². The molecule has 0 spiro atoms. The number of carbonyl (C=O) groups is 1. The van der Waals surface area contributed by atoms with Crippen LogP contribution in [-0.4, -0.2) is 37.3 Å². The Kier molecular flexibility index (Phi) is 5.01. The first-order chi connectivity index (χ1) is 8.74. The molecule has 18 heavy (non-hydrogen) atoms. The van der Waals surface area contributed by atoms with E-state index in [4.69, 9.17) is 0 Å². The molecule has 2 rings (SSSR count). The quantitative estimate of drug-likeness (QED) is 0.687. The van der Waals surface area contributed by atoms with E-state index in [0.29, 0.717) is 18.9 Å². The van der Waals surface area contributed by atoms with Crippen LogP contribution in [0.4, 0.5) is 0 Å². The number of piperidine rings is 1. The molecule has 1 saturated carbocycles. The molecule has 0 radical (unpaired) electrons. The van der Waals surface area contributed by atoms with E-state index in [1.54, 1.807) is 0 Å². The smallest absolute Gasteiger partial charge is 0.220 e. The third-order valence-corrected chi connectivity index (χ3v) is 4.59. The van der Waals surface area contributed by atoms with Gasteiger partial charge in [0.2, 0.25) is 5.91 Å². The van der Waals surface area contributed by atoms with E-state index in [-0.39, 0.29) is 17.9 Å². The Labute approximate surface area is 110 Å². The van der Waals surface area contributed by atoms with E-state index < -0.39 is 0 Å². The number of aliphatic hydroxyl groups excluding tert-OH is 1. The molecule has 0 unspecified atom stereocenters. The normalized spacial score (nSPS) is 24.1. The largest absolute Gasteiger partial charge is 0.396 e. The average Bonchev–Trinajstić information content (AvgIpc) is 2.87. The van der Waals surface area contributed by atoms with E-state index in [1.807, 2.05) is 0 Å². The number of nitrogens with one attached hydrogen (secondary N) is 2. The molecule has 1 aliphatic carbocycles. The van der Waals surface area contributed by atoms with Gasteiger partial charge in [0.15, 0.2) is 0 Å². The first-order valence-electron chi connectivity index (χ1n) is 7.32. The number of aliphatic hydroxyl groups is 1. The summed E-state index contributed by atoms with van der Waals surface area (Å²) in [5.41, 5.74) is -0.0240. The molecule has 2 aliphatic rings. The summed E-state index contributed by atoms with van der Waals surface area (Å²) in [4.78, 5) is 11.9. The number of hydrogen-bond donors (Lipinski definition) is 3. The van der Waals surface area contributed by atoms with Gasteiger partial charge in [-0.15, -0.1) is 0 Å². The molecule has 4 nitrogen and oxygen atoms in total. The van der Waals surface area contributed by atoms with E-state index in [0.717, 1.165) is 38.8 Å². The van der Waals surface area contributed by atoms with Gasteiger partial charge in [0.25, 0.3) is 0 Å². The molecule has 1 heterocycles. The summed E-state index contributed by atoms with van der Waals surface area (Å²) in [6.45, 7) is 2.95. The second kappa shape index (κ2) is 6.53. The predicted octanol–water partition coefficient (Wildman–Crippen LogP) is 1.04. The van der Waals surface area contributed by atoms with Crippen LogP contribution in [0.1, 0.15) is 44.9 Å². The monoisotopic (exact) mass is 254 g/mol. The first kappa shape index (κ1) is 13.8. The molecule has 1 amide bonds. The Morgan fingerprint density at radius 1 is 1.28 bits per heavy atom. The molecule has 0 bridgehead atoms. The number of hydrogen-bond acceptors (Lipinski definition) is 3. The van der Waals surface area contributed by atoms with Crippen molar-refractivity contribution in [3.05, 3.63) is 0 Å². The maximum atomic E-state index is 11.9. The summed E-state index contributed by atoms with van der Waals surface area (Å²) in [6, 6.07) is 0. The number of amides is 1. The van der Waals surface area contributed by atoms with Crippen molar-refractivity contribution in [2.45, 2.75) is 44.9 Å². The van der Waals surface area contributed by atoms with Gasteiger partial charge in [0, 0.05) is 18.4 Å². The maximum absolute atomic E-state index is 11.9. The summed E-state index contributed by atoms with van der Waals surface area (Å²) in [5.74, 6) is 0.710. The first-order valence-corrected chi connectivity index (χ1v) is 7.32. The third kappa shape index (κ3) is 3.69. The molecule has 1 saturated heterocycles. The standard InChI is InChI=1S/C14H26N2O2/c17-11-14(5-1-2-6-14)10-16-13(18)9-12-3-7-15-8-4-12/h12,15,17H,1-11H2,(H,16,18). The Hall–Kier alpha value is -0.610. The van der Waals surface area contributed by atoms with Crippen LogP contribution in [0.25, 0.3) is 0 Å². The zero-order valence-electron chi connectivity index (χ0n) is 11.2. The molecule has 0 atom stereocenters. The predicted molar refractivity (Wildman–Crippen MR) is 71.2 cm³/mol. The summed E-state index contributed by atoms with van der Waals surface area (Å²) < 4.78 is 0. The minimum Gasteiger partial charge on any atom is -0.396 e. The van der Waals surface area contributed by atoms with Crippen LogP contribution in [0, 0.1) is 11.3 Å². The SMILES string of the molecule is O=C(CC1CCNCC1)NCC1(CO)CCCC1. The highest BCUT2D eigenvalue weighted by atomic mass is 16.3. The topological polar surface area (TPSA) is 61.4 Å². The second-order valence-electron chi connectivity index (χ2n) is 6.04. The van der Waals surface area contributed by atoms with Crippen LogP contribution in [0.5, 0.6) is 0 Å². The fourth-order valence-electron chi connectivity index (χ4n) is 3.22. The lowest BCUT2D eigenvalue weighted by Crippen LogP contribution is -2.39. The van der Waals surface area contributed by atoms with Gasteiger partial charge in [0.1, 0.15) is 0 Å². The van der Waals surface area contributed by atoms with Crippen LogP contribution in [0.15, 0.2) is 0 Å². The molecule has 0 aromatic heterocycles. The number of carbonyl (C=O) groups excluding carboxylic acids is 1. The Bertz CT molecular complexity index is 269. The van der Waals surface area contributed by atoms with Gasteiger partial charge in [0.05, 0.1) is 6.61 Å². The lowest BCUT2D eigenvalue weighted by atomic mass is 9.87. The highest BCUT2D eigenvalue weighted by molar-refractivity contribution is 5.76. The van der Waals surface area contributed by atoms with E-state index >= 15 is 0 Å². The molecule has 104 valence electrons. The summed E-state index contributed by atoms with van der Waals surface area (Å²) >= 11 is 0. The Morgan fingerprint density at radius 2 is 1.94 bits per heavy atom. The zero-order valence-corrected chi connectivity index (χ0v) is 11.2. The lowest BCUT2D eigenvalue weighted by Gasteiger charge is -2.27. The molecule has 0 aromatic carbocycles. The minimum atomic E-state index is -0.0240. The van der Waals surface area contributed by atoms with Gasteiger partial charge < -0.3 is 15.7 Å². The molecule has 2 fully saturated rings. The summed E-state index contributed by atoms with van der Waals surface area (Å²) in [5, 5.41) is 15.9. The summed E-state index contributed by atoms with van der Waals surface area (Å²) in [6.07, 6.45) is 7.35. The van der Waals surface area contributed by atoms with Crippen LogP contribution >= 0.6 is 0 Å². The van der Waals surface area contributed by atoms with Gasteiger partial charge in [-0.1, -0.05) is 12.8 Å². The van der Waals surface area contributed by atoms with Crippen LogP contribution in [0.2, 0.25) is 0 Å². The maximum Gasteiger partial charge on any atom is 0.220 e. The lowest BCUT2D eigenvalue weighted by molar-refractivity contribution is -0.122. The van der Waals surface area contributed by atoms with Crippen molar-refractivity contribution in [1.29, 1.82) is 0 Å². The van der Waals surface area contributed by atoms with Gasteiger partial charge >= 0.3 is 0 Å². The van der Waals surface area contributed by atoms with Crippen LogP contribution < -0.4 is 10.6 Å². The van der Waals surface area contributed by atoms with Crippen molar-refractivity contribution in [2.75, 3.05) is 26.2 Å². The Morgan fingerprint density at radius 3 is 2.56 bits per heavy atom. The van der Waals surface area contributed by atoms with Crippen molar-refractivity contribution in [2.24, 2.45) is 11.3 Å². The second-order valence-corrected chi connectivity index (χ2v) is 6.04. The van der Waals surface area contributed by atoms with Crippen LogP contribution in [-0.2, 0) is 4.79 Å². The number of rotatable bonds is 5. The molecule has 1 aliphatic heterocycles. The van der Waals surface area contributed by atoms with Gasteiger partial charge in [-0.2, -0.15) is 0 Å². The van der Waals surface area contributed by atoms with Crippen molar-refractivity contribution in [3.63, 3.8) is 0 Å². The fourth-order valence-corrected chi connectivity index (χ4v) is 3.22. The van der Waals surface area contributed by atoms with E-state index in [9.17, 15) is 9.90 Å². The highest BCUT2D eigenvalue weighted by Gasteiger charge is 2.33.